The Labute approximate surface area is 119 Å². The number of ketones is 1. The van der Waals surface area contributed by atoms with Crippen LogP contribution in [0.3, 0.4) is 0 Å². The van der Waals surface area contributed by atoms with Crippen molar-refractivity contribution in [3.8, 4) is 0 Å². The highest BCUT2D eigenvalue weighted by Crippen LogP contribution is 2.11. The summed E-state index contributed by atoms with van der Waals surface area (Å²) in [6.07, 6.45) is 4.63. The molecule has 0 unspecified atom stereocenters. The standard InChI is InChI=1S/C18H19NO/c1-14-2-4-15(5-3-14)6-7-16-8-10-17(11-9-16)18(20)12-13-19/h2-5,8-13H,6-7,19H2,1H3. The van der Waals surface area contributed by atoms with E-state index in [1.165, 1.54) is 29.0 Å². The molecule has 0 bridgehead atoms. The van der Waals surface area contributed by atoms with Crippen LogP contribution in [0, 0.1) is 6.92 Å². The molecular formula is C18H19NO. The summed E-state index contributed by atoms with van der Waals surface area (Å²) < 4.78 is 0. The first-order valence-electron chi connectivity index (χ1n) is 6.76. The highest BCUT2D eigenvalue weighted by molar-refractivity contribution is 6.04. The first-order valence-corrected chi connectivity index (χ1v) is 6.76. The average Bonchev–Trinajstić information content (AvgIpc) is 2.47. The maximum atomic E-state index is 11.6. The second-order valence-corrected chi connectivity index (χ2v) is 4.91. The first kappa shape index (κ1) is 14.1. The third kappa shape index (κ3) is 3.82. The Morgan fingerprint density at radius 1 is 0.950 bits per heavy atom. The van der Waals surface area contributed by atoms with Crippen molar-refractivity contribution in [3.05, 3.63) is 83.1 Å². The molecule has 0 aliphatic heterocycles. The second kappa shape index (κ2) is 6.71. The molecule has 2 N–H and O–H groups in total. The lowest BCUT2D eigenvalue weighted by molar-refractivity contribution is 0.104. The Balaban J connectivity index is 1.97. The van der Waals surface area contributed by atoms with E-state index in [1.54, 1.807) is 0 Å². The molecule has 0 aliphatic carbocycles. The normalized spacial score (nSPS) is 10.8. The van der Waals surface area contributed by atoms with Crippen LogP contribution in [0.5, 0.6) is 0 Å². The summed E-state index contributed by atoms with van der Waals surface area (Å²) >= 11 is 0. The van der Waals surface area contributed by atoms with Crippen LogP contribution < -0.4 is 5.73 Å². The van der Waals surface area contributed by atoms with Crippen molar-refractivity contribution >= 4 is 5.78 Å². The number of nitrogens with two attached hydrogens (primary N) is 1. The molecule has 2 heteroatoms. The smallest absolute Gasteiger partial charge is 0.187 e. The zero-order valence-electron chi connectivity index (χ0n) is 11.7. The van der Waals surface area contributed by atoms with E-state index in [-0.39, 0.29) is 5.78 Å². The fraction of sp³-hybridized carbons (Fsp3) is 0.167. The van der Waals surface area contributed by atoms with Gasteiger partial charge in [0, 0.05) is 11.6 Å². The molecule has 2 aromatic rings. The second-order valence-electron chi connectivity index (χ2n) is 4.91. The van der Waals surface area contributed by atoms with E-state index < -0.39 is 0 Å². The predicted molar refractivity (Wildman–Crippen MR) is 82.7 cm³/mol. The minimum atomic E-state index is -0.0578. The number of hydrogen-bond acceptors (Lipinski definition) is 2. The lowest BCUT2D eigenvalue weighted by Gasteiger charge is -2.04. The molecule has 0 saturated carbocycles. The maximum Gasteiger partial charge on any atom is 0.187 e. The van der Waals surface area contributed by atoms with Gasteiger partial charge in [0.15, 0.2) is 5.78 Å². The number of allylic oxidation sites excluding steroid dienone is 1. The molecule has 0 amide bonds. The highest BCUT2D eigenvalue weighted by Gasteiger charge is 2.01. The lowest BCUT2D eigenvalue weighted by atomic mass is 10.0. The van der Waals surface area contributed by atoms with Crippen molar-refractivity contribution in [1.82, 2.24) is 0 Å². The largest absolute Gasteiger partial charge is 0.404 e. The van der Waals surface area contributed by atoms with Crippen LogP contribution in [-0.4, -0.2) is 5.78 Å². The molecule has 2 nitrogen and oxygen atoms in total. The van der Waals surface area contributed by atoms with E-state index >= 15 is 0 Å². The molecule has 0 aromatic heterocycles. The van der Waals surface area contributed by atoms with Gasteiger partial charge in [-0.05, 0) is 37.1 Å². The van der Waals surface area contributed by atoms with Gasteiger partial charge in [0.25, 0.3) is 0 Å². The summed E-state index contributed by atoms with van der Waals surface area (Å²) in [5.74, 6) is -0.0578. The molecule has 0 atom stereocenters. The Hall–Kier alpha value is -2.35. The molecule has 0 heterocycles. The van der Waals surface area contributed by atoms with Gasteiger partial charge < -0.3 is 5.73 Å². The van der Waals surface area contributed by atoms with E-state index in [9.17, 15) is 4.79 Å². The molecule has 2 aromatic carbocycles. The Bertz CT molecular complexity index is 594. The zero-order valence-corrected chi connectivity index (χ0v) is 11.7. The van der Waals surface area contributed by atoms with Crippen LogP contribution in [0.2, 0.25) is 0 Å². The van der Waals surface area contributed by atoms with Gasteiger partial charge in [0.1, 0.15) is 0 Å². The van der Waals surface area contributed by atoms with Gasteiger partial charge in [0.2, 0.25) is 0 Å². The maximum absolute atomic E-state index is 11.6. The third-order valence-corrected chi connectivity index (χ3v) is 3.31. The van der Waals surface area contributed by atoms with E-state index in [0.717, 1.165) is 12.8 Å². The first-order chi connectivity index (χ1) is 9.69. The monoisotopic (exact) mass is 265 g/mol. The number of aryl methyl sites for hydroxylation is 3. The van der Waals surface area contributed by atoms with Gasteiger partial charge in [-0.1, -0.05) is 54.1 Å². The van der Waals surface area contributed by atoms with Crippen molar-refractivity contribution in [2.75, 3.05) is 0 Å². The fourth-order valence-corrected chi connectivity index (χ4v) is 2.06. The van der Waals surface area contributed by atoms with Gasteiger partial charge in [0.05, 0.1) is 0 Å². The molecule has 0 saturated heterocycles. The Morgan fingerprint density at radius 2 is 1.45 bits per heavy atom. The average molecular weight is 265 g/mol. The van der Waals surface area contributed by atoms with Crippen LogP contribution >= 0.6 is 0 Å². The van der Waals surface area contributed by atoms with E-state index in [0.29, 0.717) is 5.56 Å². The summed E-state index contributed by atoms with van der Waals surface area (Å²) in [5.41, 5.74) is 9.74. The molecule has 102 valence electrons. The number of hydrogen-bond donors (Lipinski definition) is 1. The number of carbonyl (C=O) groups is 1. The highest BCUT2D eigenvalue weighted by atomic mass is 16.1. The molecule has 0 fully saturated rings. The molecule has 20 heavy (non-hydrogen) atoms. The number of rotatable bonds is 5. The summed E-state index contributed by atoms with van der Waals surface area (Å²) in [5, 5.41) is 0. The lowest BCUT2D eigenvalue weighted by Crippen LogP contribution is -1.97. The van der Waals surface area contributed by atoms with Crippen LogP contribution in [0.1, 0.15) is 27.0 Å². The van der Waals surface area contributed by atoms with Crippen LogP contribution in [0.4, 0.5) is 0 Å². The van der Waals surface area contributed by atoms with E-state index in [2.05, 4.69) is 31.2 Å². The van der Waals surface area contributed by atoms with Crippen LogP contribution in [0.25, 0.3) is 0 Å². The number of benzene rings is 2. The minimum Gasteiger partial charge on any atom is -0.404 e. The van der Waals surface area contributed by atoms with Gasteiger partial charge >= 0.3 is 0 Å². The topological polar surface area (TPSA) is 43.1 Å². The van der Waals surface area contributed by atoms with Crippen molar-refractivity contribution in [1.29, 1.82) is 0 Å². The summed E-state index contributed by atoms with van der Waals surface area (Å²) in [6, 6.07) is 16.3. The van der Waals surface area contributed by atoms with Crippen molar-refractivity contribution < 1.29 is 4.79 Å². The van der Waals surface area contributed by atoms with Crippen molar-refractivity contribution in [2.45, 2.75) is 19.8 Å². The Morgan fingerprint density at radius 3 is 1.95 bits per heavy atom. The zero-order chi connectivity index (χ0) is 14.4. The number of carbonyl (C=O) groups excluding carboxylic acids is 1. The van der Waals surface area contributed by atoms with Crippen LogP contribution in [-0.2, 0) is 12.8 Å². The molecule has 0 spiro atoms. The van der Waals surface area contributed by atoms with Crippen molar-refractivity contribution in [3.63, 3.8) is 0 Å². The van der Waals surface area contributed by atoms with Crippen molar-refractivity contribution in [2.24, 2.45) is 5.73 Å². The fourth-order valence-electron chi connectivity index (χ4n) is 2.06. The summed E-state index contributed by atoms with van der Waals surface area (Å²) in [4.78, 5) is 11.6. The summed E-state index contributed by atoms with van der Waals surface area (Å²) in [7, 11) is 0. The van der Waals surface area contributed by atoms with Gasteiger partial charge in [-0.25, -0.2) is 0 Å². The quantitative estimate of drug-likeness (QED) is 0.665. The van der Waals surface area contributed by atoms with Gasteiger partial charge in [-0.15, -0.1) is 0 Å². The van der Waals surface area contributed by atoms with Gasteiger partial charge in [-0.3, -0.25) is 4.79 Å². The van der Waals surface area contributed by atoms with Gasteiger partial charge in [-0.2, -0.15) is 0 Å². The van der Waals surface area contributed by atoms with E-state index in [1.807, 2.05) is 24.3 Å². The Kier molecular flexibility index (Phi) is 4.72. The molecule has 0 aliphatic rings. The summed E-state index contributed by atoms with van der Waals surface area (Å²) in [6.45, 7) is 2.09. The third-order valence-electron chi connectivity index (χ3n) is 3.31. The molecule has 0 radical (unpaired) electrons. The van der Waals surface area contributed by atoms with Crippen LogP contribution in [0.15, 0.2) is 60.8 Å². The SMILES string of the molecule is Cc1ccc(CCc2ccc(C(=O)C=CN)cc2)cc1. The van der Waals surface area contributed by atoms with E-state index in [4.69, 9.17) is 5.73 Å². The molecule has 2 rings (SSSR count). The molecular weight excluding hydrogens is 246 g/mol. The minimum absolute atomic E-state index is 0.0578. The predicted octanol–water partition coefficient (Wildman–Crippen LogP) is 3.44.